The molecule has 3 aromatic rings. The lowest BCUT2D eigenvalue weighted by atomic mass is 10.2. The summed E-state index contributed by atoms with van der Waals surface area (Å²) in [5.74, 6) is 0.704. The minimum Gasteiger partial charge on any atom is -0.280 e. The van der Waals surface area contributed by atoms with E-state index in [4.69, 9.17) is 0 Å². The molecule has 0 aliphatic heterocycles. The summed E-state index contributed by atoms with van der Waals surface area (Å²) >= 11 is 0. The molecule has 2 aromatic carbocycles. The minimum absolute atomic E-state index is 0.236. The van der Waals surface area contributed by atoms with E-state index in [1.54, 1.807) is 36.4 Å². The van der Waals surface area contributed by atoms with Gasteiger partial charge in [-0.15, -0.1) is 5.10 Å². The van der Waals surface area contributed by atoms with Crippen molar-refractivity contribution in [2.24, 2.45) is 0 Å². The fraction of sp³-hybridized carbons (Fsp3) is 0.235. The van der Waals surface area contributed by atoms with Gasteiger partial charge in [0.05, 0.1) is 10.9 Å². The van der Waals surface area contributed by atoms with Crippen LogP contribution in [0.25, 0.3) is 11.4 Å². The summed E-state index contributed by atoms with van der Waals surface area (Å²) in [5, 5.41) is 11.8. The molecule has 0 atom stereocenters. The molecule has 0 radical (unpaired) electrons. The van der Waals surface area contributed by atoms with Gasteiger partial charge in [-0.2, -0.15) is 0 Å². The van der Waals surface area contributed by atoms with Crippen LogP contribution < -0.4 is 4.72 Å². The molecule has 0 bridgehead atoms. The van der Waals surface area contributed by atoms with E-state index in [-0.39, 0.29) is 4.90 Å². The molecule has 25 heavy (non-hydrogen) atoms. The summed E-state index contributed by atoms with van der Waals surface area (Å²) in [6.45, 7) is 1.91. The van der Waals surface area contributed by atoms with Gasteiger partial charge in [0.2, 0.25) is 0 Å². The third-order valence-electron chi connectivity index (χ3n) is 4.11. The molecule has 1 heterocycles. The molecular formula is C17H17N5O2S. The Bertz CT molecular complexity index is 990. The second-order valence-electron chi connectivity index (χ2n) is 6.17. The molecule has 128 valence electrons. The molecule has 8 heteroatoms. The van der Waals surface area contributed by atoms with Crippen molar-refractivity contribution in [2.75, 3.05) is 4.72 Å². The lowest BCUT2D eigenvalue weighted by Gasteiger charge is -2.09. The molecule has 0 amide bonds. The zero-order valence-corrected chi connectivity index (χ0v) is 14.4. The van der Waals surface area contributed by atoms with Crippen molar-refractivity contribution in [3.8, 4) is 11.4 Å². The van der Waals surface area contributed by atoms with Crippen molar-refractivity contribution in [3.63, 3.8) is 0 Å². The molecular weight excluding hydrogens is 338 g/mol. The Hall–Kier alpha value is -2.74. The van der Waals surface area contributed by atoms with Crippen LogP contribution >= 0.6 is 0 Å². The molecule has 1 saturated carbocycles. The van der Waals surface area contributed by atoms with Crippen molar-refractivity contribution in [1.82, 2.24) is 20.2 Å². The van der Waals surface area contributed by atoms with Crippen LogP contribution in [0, 0.1) is 6.92 Å². The second-order valence-corrected chi connectivity index (χ2v) is 7.86. The fourth-order valence-electron chi connectivity index (χ4n) is 2.57. The van der Waals surface area contributed by atoms with Crippen LogP contribution in [0.1, 0.15) is 24.4 Å². The van der Waals surface area contributed by atoms with Crippen LogP contribution in [0.2, 0.25) is 0 Å². The van der Waals surface area contributed by atoms with E-state index < -0.39 is 10.0 Å². The number of sulfonamides is 1. The predicted octanol–water partition coefficient (Wildman–Crippen LogP) is 2.78. The Labute approximate surface area is 145 Å². The second kappa shape index (κ2) is 5.96. The standard InChI is InChI=1S/C17H17N5O2S/c1-12-2-10-16(11-3-12)25(23,24)19-14-6-4-13(5-7-14)17-18-20-21-22(17)15-8-9-15/h2-7,10-11,15,19H,8-9H2,1H3. The number of tetrazole rings is 1. The summed E-state index contributed by atoms with van der Waals surface area (Å²) in [6.07, 6.45) is 2.18. The lowest BCUT2D eigenvalue weighted by Crippen LogP contribution is -2.12. The van der Waals surface area contributed by atoms with Gasteiger partial charge in [0, 0.05) is 11.3 Å². The van der Waals surface area contributed by atoms with Crippen molar-refractivity contribution >= 4 is 15.7 Å². The Morgan fingerprint density at radius 3 is 2.36 bits per heavy atom. The third-order valence-corrected chi connectivity index (χ3v) is 5.51. The van der Waals surface area contributed by atoms with E-state index in [9.17, 15) is 8.42 Å². The molecule has 0 unspecified atom stereocenters. The maximum atomic E-state index is 12.4. The van der Waals surface area contributed by atoms with Gasteiger partial charge in [0.25, 0.3) is 10.0 Å². The summed E-state index contributed by atoms with van der Waals surface area (Å²) in [5.41, 5.74) is 2.36. The van der Waals surface area contributed by atoms with E-state index in [0.717, 1.165) is 24.0 Å². The number of anilines is 1. The molecule has 4 rings (SSSR count). The molecule has 0 saturated heterocycles. The monoisotopic (exact) mass is 355 g/mol. The Kier molecular flexibility index (Phi) is 3.76. The minimum atomic E-state index is -3.60. The SMILES string of the molecule is Cc1ccc(S(=O)(=O)Nc2ccc(-c3nnnn3C3CC3)cc2)cc1. The van der Waals surface area contributed by atoms with Crippen LogP contribution in [0.15, 0.2) is 53.4 Å². The van der Waals surface area contributed by atoms with Gasteiger partial charge in [-0.25, -0.2) is 13.1 Å². The summed E-state index contributed by atoms with van der Waals surface area (Å²) in [4.78, 5) is 0.236. The van der Waals surface area contributed by atoms with Gasteiger partial charge in [0.15, 0.2) is 5.82 Å². The largest absolute Gasteiger partial charge is 0.280 e. The number of nitrogens with zero attached hydrogens (tertiary/aromatic N) is 4. The zero-order chi connectivity index (χ0) is 17.4. The van der Waals surface area contributed by atoms with E-state index in [0.29, 0.717) is 17.6 Å². The van der Waals surface area contributed by atoms with Gasteiger partial charge < -0.3 is 0 Å². The van der Waals surface area contributed by atoms with Crippen LogP contribution in [0.4, 0.5) is 5.69 Å². The van der Waals surface area contributed by atoms with Crippen molar-refractivity contribution < 1.29 is 8.42 Å². The van der Waals surface area contributed by atoms with Gasteiger partial charge in [-0.3, -0.25) is 4.72 Å². The van der Waals surface area contributed by atoms with Crippen molar-refractivity contribution in [3.05, 3.63) is 54.1 Å². The highest BCUT2D eigenvalue weighted by Gasteiger charge is 2.28. The average molecular weight is 355 g/mol. The topological polar surface area (TPSA) is 89.8 Å². The Morgan fingerprint density at radius 2 is 1.72 bits per heavy atom. The molecule has 1 N–H and O–H groups in total. The first kappa shape index (κ1) is 15.8. The molecule has 1 aliphatic carbocycles. The number of hydrogen-bond acceptors (Lipinski definition) is 5. The number of aromatic nitrogens is 4. The van der Waals surface area contributed by atoms with Crippen LogP contribution in [0.3, 0.4) is 0 Å². The summed E-state index contributed by atoms with van der Waals surface area (Å²) in [7, 11) is -3.60. The highest BCUT2D eigenvalue weighted by atomic mass is 32.2. The van der Waals surface area contributed by atoms with Crippen LogP contribution in [-0.4, -0.2) is 28.6 Å². The quantitative estimate of drug-likeness (QED) is 0.760. The lowest BCUT2D eigenvalue weighted by molar-refractivity contribution is 0.601. The van der Waals surface area contributed by atoms with Crippen molar-refractivity contribution in [1.29, 1.82) is 0 Å². The van der Waals surface area contributed by atoms with Gasteiger partial charge in [-0.1, -0.05) is 17.7 Å². The number of aryl methyl sites for hydroxylation is 1. The van der Waals surface area contributed by atoms with E-state index in [2.05, 4.69) is 20.2 Å². The first-order valence-corrected chi connectivity index (χ1v) is 9.49. The summed E-state index contributed by atoms with van der Waals surface area (Å²) in [6, 6.07) is 14.2. The third kappa shape index (κ3) is 3.25. The highest BCUT2D eigenvalue weighted by Crippen LogP contribution is 2.36. The van der Waals surface area contributed by atoms with E-state index >= 15 is 0 Å². The fourth-order valence-corrected chi connectivity index (χ4v) is 3.63. The molecule has 1 aromatic heterocycles. The Morgan fingerprint density at radius 1 is 1.04 bits per heavy atom. The number of benzene rings is 2. The Balaban J connectivity index is 1.56. The molecule has 7 nitrogen and oxygen atoms in total. The van der Waals surface area contributed by atoms with Gasteiger partial charge in [0.1, 0.15) is 0 Å². The molecule has 1 fully saturated rings. The zero-order valence-electron chi connectivity index (χ0n) is 13.6. The number of nitrogens with one attached hydrogen (secondary N) is 1. The first-order valence-electron chi connectivity index (χ1n) is 8.01. The van der Waals surface area contributed by atoms with Gasteiger partial charge >= 0.3 is 0 Å². The predicted molar refractivity (Wildman–Crippen MR) is 93.5 cm³/mol. The maximum Gasteiger partial charge on any atom is 0.261 e. The highest BCUT2D eigenvalue weighted by molar-refractivity contribution is 7.92. The maximum absolute atomic E-state index is 12.4. The first-order chi connectivity index (χ1) is 12.0. The van der Waals surface area contributed by atoms with Crippen LogP contribution in [0.5, 0.6) is 0 Å². The average Bonchev–Trinajstić information content (AvgIpc) is 3.33. The van der Waals surface area contributed by atoms with Crippen LogP contribution in [-0.2, 0) is 10.0 Å². The van der Waals surface area contributed by atoms with E-state index in [1.165, 1.54) is 0 Å². The van der Waals surface area contributed by atoms with E-state index in [1.807, 2.05) is 23.7 Å². The number of rotatable bonds is 5. The number of hydrogen-bond donors (Lipinski definition) is 1. The van der Waals surface area contributed by atoms with Gasteiger partial charge in [-0.05, 0) is 66.6 Å². The normalized spacial score (nSPS) is 14.4. The smallest absolute Gasteiger partial charge is 0.261 e. The summed E-state index contributed by atoms with van der Waals surface area (Å²) < 4.78 is 29.3. The van der Waals surface area contributed by atoms with Crippen molar-refractivity contribution in [2.45, 2.75) is 30.7 Å². The molecule has 1 aliphatic rings. The molecule has 0 spiro atoms.